The van der Waals surface area contributed by atoms with Gasteiger partial charge in [0.05, 0.1) is 18.7 Å². The Balaban J connectivity index is 1.61. The Bertz CT molecular complexity index is 870. The van der Waals surface area contributed by atoms with Gasteiger partial charge in [-0.25, -0.2) is 9.97 Å². The molecule has 5 nitrogen and oxygen atoms in total. The Hall–Kier alpha value is -2.40. The first kappa shape index (κ1) is 18.9. The fourth-order valence-corrected chi connectivity index (χ4v) is 4.40. The van der Waals surface area contributed by atoms with Gasteiger partial charge in [0, 0.05) is 43.2 Å². The van der Waals surface area contributed by atoms with Crippen molar-refractivity contribution in [1.82, 2.24) is 9.97 Å². The summed E-state index contributed by atoms with van der Waals surface area (Å²) >= 11 is 0. The van der Waals surface area contributed by atoms with Crippen LogP contribution in [0.15, 0.2) is 48.3 Å². The highest BCUT2D eigenvalue weighted by atomic mass is 16.5. The first-order valence-corrected chi connectivity index (χ1v) is 10.4. The van der Waals surface area contributed by atoms with E-state index < -0.39 is 0 Å². The molecule has 0 bridgehead atoms. The minimum Gasteiger partial charge on any atom is -0.378 e. The molecule has 0 N–H and O–H groups in total. The molecule has 1 unspecified atom stereocenters. The van der Waals surface area contributed by atoms with Crippen LogP contribution in [0.2, 0.25) is 0 Å². The van der Waals surface area contributed by atoms with Crippen molar-refractivity contribution in [1.29, 1.82) is 0 Å². The van der Waals surface area contributed by atoms with E-state index in [0.29, 0.717) is 5.92 Å². The van der Waals surface area contributed by atoms with E-state index in [4.69, 9.17) is 4.74 Å². The smallest absolute Gasteiger partial charge is 0.139 e. The third-order valence-electron chi connectivity index (χ3n) is 5.86. The lowest BCUT2D eigenvalue weighted by molar-refractivity contribution is 0.122. The van der Waals surface area contributed by atoms with Gasteiger partial charge in [-0.15, -0.1) is 0 Å². The Morgan fingerprint density at radius 2 is 1.96 bits per heavy atom. The average Bonchev–Trinajstić information content (AvgIpc) is 2.77. The summed E-state index contributed by atoms with van der Waals surface area (Å²) in [7, 11) is 0. The molecule has 3 heterocycles. The van der Waals surface area contributed by atoms with E-state index in [1.165, 1.54) is 24.1 Å². The van der Waals surface area contributed by atoms with E-state index >= 15 is 0 Å². The quantitative estimate of drug-likeness (QED) is 0.746. The van der Waals surface area contributed by atoms with Crippen molar-refractivity contribution in [3.63, 3.8) is 0 Å². The van der Waals surface area contributed by atoms with Crippen LogP contribution in [0.25, 0.3) is 10.9 Å². The van der Waals surface area contributed by atoms with Crippen LogP contribution in [0, 0.1) is 5.92 Å². The number of piperidine rings is 1. The van der Waals surface area contributed by atoms with Crippen LogP contribution < -0.4 is 9.80 Å². The van der Waals surface area contributed by atoms with E-state index in [1.807, 2.05) is 0 Å². The Morgan fingerprint density at radius 3 is 2.75 bits per heavy atom. The monoisotopic (exact) mass is 378 g/mol. The van der Waals surface area contributed by atoms with E-state index in [0.717, 1.165) is 56.1 Å². The van der Waals surface area contributed by atoms with Crippen molar-refractivity contribution in [3.8, 4) is 0 Å². The zero-order valence-electron chi connectivity index (χ0n) is 17.0. The Morgan fingerprint density at radius 1 is 1.11 bits per heavy atom. The third-order valence-corrected chi connectivity index (χ3v) is 5.86. The molecule has 2 aliphatic heterocycles. The van der Waals surface area contributed by atoms with Gasteiger partial charge in [-0.3, -0.25) is 0 Å². The van der Waals surface area contributed by atoms with Crippen molar-refractivity contribution >= 4 is 22.4 Å². The summed E-state index contributed by atoms with van der Waals surface area (Å²) in [5.74, 6) is 1.63. The fourth-order valence-electron chi connectivity index (χ4n) is 4.40. The number of benzene rings is 1. The maximum absolute atomic E-state index is 5.48. The molecule has 4 rings (SSSR count). The Labute approximate surface area is 167 Å². The van der Waals surface area contributed by atoms with Crippen LogP contribution in [0.1, 0.15) is 26.7 Å². The number of hydrogen-bond donors (Lipinski definition) is 0. The number of nitrogens with zero attached hydrogens (tertiary/aromatic N) is 4. The normalized spacial score (nSPS) is 21.6. The summed E-state index contributed by atoms with van der Waals surface area (Å²) in [5, 5.41) is 1.15. The third kappa shape index (κ3) is 3.90. The molecule has 148 valence electrons. The number of aromatic nitrogens is 2. The number of fused-ring (bicyclic) bond motifs is 1. The number of anilines is 2. The van der Waals surface area contributed by atoms with Gasteiger partial charge < -0.3 is 14.5 Å². The van der Waals surface area contributed by atoms with Crippen LogP contribution in [0.4, 0.5) is 11.5 Å². The summed E-state index contributed by atoms with van der Waals surface area (Å²) in [6.07, 6.45) is 10.8. The van der Waals surface area contributed by atoms with Gasteiger partial charge in [-0.05, 0) is 50.5 Å². The van der Waals surface area contributed by atoms with E-state index in [-0.39, 0.29) is 0 Å². The molecule has 28 heavy (non-hydrogen) atoms. The second kappa shape index (κ2) is 8.74. The SMILES string of the molecule is C/C=C\C(=C/C)C1CCCN(c2ncnc3cc(N4CCOCC4)ccc23)C1. The average molecular weight is 379 g/mol. The lowest BCUT2D eigenvalue weighted by Crippen LogP contribution is -2.37. The molecule has 0 radical (unpaired) electrons. The van der Waals surface area contributed by atoms with E-state index in [1.54, 1.807) is 6.33 Å². The number of hydrogen-bond acceptors (Lipinski definition) is 5. The predicted molar refractivity (Wildman–Crippen MR) is 116 cm³/mol. The Kier molecular flexibility index (Phi) is 5.91. The van der Waals surface area contributed by atoms with Crippen LogP contribution in [0.3, 0.4) is 0 Å². The molecular weight excluding hydrogens is 348 g/mol. The van der Waals surface area contributed by atoms with Gasteiger partial charge >= 0.3 is 0 Å². The van der Waals surface area contributed by atoms with E-state index in [9.17, 15) is 0 Å². The molecule has 0 saturated carbocycles. The van der Waals surface area contributed by atoms with Crippen LogP contribution in [-0.4, -0.2) is 49.4 Å². The molecule has 1 aromatic carbocycles. The number of morpholine rings is 1. The van der Waals surface area contributed by atoms with Crippen LogP contribution in [0.5, 0.6) is 0 Å². The van der Waals surface area contributed by atoms with Gasteiger partial charge in [0.25, 0.3) is 0 Å². The number of ether oxygens (including phenoxy) is 1. The molecular formula is C23H30N4O. The molecule has 2 aromatic rings. The van der Waals surface area contributed by atoms with Gasteiger partial charge in [-0.2, -0.15) is 0 Å². The van der Waals surface area contributed by atoms with Crippen molar-refractivity contribution in [2.45, 2.75) is 26.7 Å². The predicted octanol–water partition coefficient (Wildman–Crippen LogP) is 4.21. The lowest BCUT2D eigenvalue weighted by atomic mass is 9.89. The molecule has 5 heteroatoms. The van der Waals surface area contributed by atoms with Gasteiger partial charge in [0.2, 0.25) is 0 Å². The zero-order chi connectivity index (χ0) is 19.3. The standard InChI is InChI=1S/C23H30N4O/c1-3-6-18(4-2)19-7-5-10-27(16-19)23-21-9-8-20(15-22(21)24-17-25-23)26-11-13-28-14-12-26/h3-4,6,8-9,15,17,19H,5,7,10-14,16H2,1-2H3/b6-3-,18-4+. The maximum atomic E-state index is 5.48. The summed E-state index contributed by atoms with van der Waals surface area (Å²) in [6.45, 7) is 9.77. The summed E-state index contributed by atoms with van der Waals surface area (Å²) in [5.41, 5.74) is 3.68. The number of allylic oxidation sites excluding steroid dienone is 3. The highest BCUT2D eigenvalue weighted by Gasteiger charge is 2.24. The summed E-state index contributed by atoms with van der Waals surface area (Å²) in [4.78, 5) is 14.1. The van der Waals surface area contributed by atoms with Gasteiger partial charge in [0.1, 0.15) is 12.1 Å². The molecule has 0 amide bonds. The van der Waals surface area contributed by atoms with Crippen molar-refractivity contribution in [3.05, 3.63) is 48.3 Å². The molecule has 0 spiro atoms. The van der Waals surface area contributed by atoms with Crippen LogP contribution >= 0.6 is 0 Å². The van der Waals surface area contributed by atoms with Crippen molar-refractivity contribution in [2.24, 2.45) is 5.92 Å². The minimum atomic E-state index is 0.563. The summed E-state index contributed by atoms with van der Waals surface area (Å²) in [6, 6.07) is 6.60. The highest BCUT2D eigenvalue weighted by Crippen LogP contribution is 2.32. The summed E-state index contributed by atoms with van der Waals surface area (Å²) < 4.78 is 5.48. The van der Waals surface area contributed by atoms with Crippen molar-refractivity contribution in [2.75, 3.05) is 49.2 Å². The first-order valence-electron chi connectivity index (χ1n) is 10.4. The molecule has 1 atom stereocenters. The van der Waals surface area contributed by atoms with E-state index in [2.05, 4.69) is 70.0 Å². The minimum absolute atomic E-state index is 0.563. The zero-order valence-corrected chi connectivity index (χ0v) is 17.0. The fraction of sp³-hybridized carbons (Fsp3) is 0.478. The largest absolute Gasteiger partial charge is 0.378 e. The van der Waals surface area contributed by atoms with Crippen LogP contribution in [-0.2, 0) is 4.74 Å². The highest BCUT2D eigenvalue weighted by molar-refractivity contribution is 5.91. The molecule has 2 fully saturated rings. The lowest BCUT2D eigenvalue weighted by Gasteiger charge is -2.35. The molecule has 1 aromatic heterocycles. The molecule has 0 aliphatic carbocycles. The topological polar surface area (TPSA) is 41.5 Å². The molecule has 2 saturated heterocycles. The van der Waals surface area contributed by atoms with Gasteiger partial charge in [-0.1, -0.05) is 18.2 Å². The van der Waals surface area contributed by atoms with Crippen molar-refractivity contribution < 1.29 is 4.74 Å². The van der Waals surface area contributed by atoms with Gasteiger partial charge in [0.15, 0.2) is 0 Å². The maximum Gasteiger partial charge on any atom is 0.139 e. The number of rotatable bonds is 4. The second-order valence-electron chi connectivity index (χ2n) is 7.57. The second-order valence-corrected chi connectivity index (χ2v) is 7.57. The first-order chi connectivity index (χ1) is 13.8. The molecule has 2 aliphatic rings.